The Hall–Kier alpha value is -0.870. The van der Waals surface area contributed by atoms with Crippen LogP contribution in [0.2, 0.25) is 0 Å². The van der Waals surface area contributed by atoms with Crippen molar-refractivity contribution in [2.24, 2.45) is 0 Å². The fourth-order valence-corrected chi connectivity index (χ4v) is 2.51. The SMILES string of the molecule is C=CC(=O)N1CCC[C@@H]1CN1CCOCC1. The lowest BCUT2D eigenvalue weighted by Crippen LogP contribution is -2.46. The van der Waals surface area contributed by atoms with E-state index in [4.69, 9.17) is 4.74 Å². The number of morpholine rings is 1. The lowest BCUT2D eigenvalue weighted by atomic mass is 10.2. The van der Waals surface area contributed by atoms with Crippen LogP contribution in [0, 0.1) is 0 Å². The Bertz CT molecular complexity index is 262. The highest BCUT2D eigenvalue weighted by Gasteiger charge is 2.29. The molecule has 0 saturated carbocycles. The Morgan fingerprint density at radius 3 is 2.81 bits per heavy atom. The van der Waals surface area contributed by atoms with Gasteiger partial charge in [-0.2, -0.15) is 0 Å². The maximum Gasteiger partial charge on any atom is 0.246 e. The van der Waals surface area contributed by atoms with E-state index in [0.29, 0.717) is 6.04 Å². The minimum Gasteiger partial charge on any atom is -0.379 e. The first-order valence-electron chi connectivity index (χ1n) is 6.04. The average molecular weight is 224 g/mol. The molecule has 0 radical (unpaired) electrons. The lowest BCUT2D eigenvalue weighted by Gasteiger charge is -2.32. The van der Waals surface area contributed by atoms with E-state index in [1.807, 2.05) is 4.90 Å². The molecule has 0 aromatic heterocycles. The van der Waals surface area contributed by atoms with Crippen molar-refractivity contribution >= 4 is 5.91 Å². The van der Waals surface area contributed by atoms with Crippen LogP contribution in [-0.2, 0) is 9.53 Å². The molecule has 0 aliphatic carbocycles. The van der Waals surface area contributed by atoms with Gasteiger partial charge in [0.2, 0.25) is 5.91 Å². The van der Waals surface area contributed by atoms with Crippen molar-refractivity contribution in [1.29, 1.82) is 0 Å². The van der Waals surface area contributed by atoms with Crippen LogP contribution in [0.5, 0.6) is 0 Å². The van der Waals surface area contributed by atoms with Crippen molar-refractivity contribution in [2.45, 2.75) is 18.9 Å². The van der Waals surface area contributed by atoms with Gasteiger partial charge in [0.15, 0.2) is 0 Å². The number of hydrogen-bond donors (Lipinski definition) is 0. The lowest BCUT2D eigenvalue weighted by molar-refractivity contribution is -0.127. The number of amides is 1. The molecular formula is C12H20N2O2. The van der Waals surface area contributed by atoms with Crippen molar-refractivity contribution in [3.8, 4) is 0 Å². The van der Waals surface area contributed by atoms with Gasteiger partial charge in [-0.3, -0.25) is 9.69 Å². The molecule has 16 heavy (non-hydrogen) atoms. The monoisotopic (exact) mass is 224 g/mol. The van der Waals surface area contributed by atoms with Gasteiger partial charge in [0.05, 0.1) is 13.2 Å². The van der Waals surface area contributed by atoms with Crippen LogP contribution < -0.4 is 0 Å². The van der Waals surface area contributed by atoms with Crippen LogP contribution in [0.4, 0.5) is 0 Å². The molecule has 2 fully saturated rings. The number of likely N-dealkylation sites (tertiary alicyclic amines) is 1. The van der Waals surface area contributed by atoms with Gasteiger partial charge in [-0.05, 0) is 18.9 Å². The summed E-state index contributed by atoms with van der Waals surface area (Å²) in [6, 6.07) is 0.378. The second-order valence-electron chi connectivity index (χ2n) is 4.44. The van der Waals surface area contributed by atoms with Crippen LogP contribution >= 0.6 is 0 Å². The first kappa shape index (κ1) is 11.6. The molecule has 90 valence electrons. The van der Waals surface area contributed by atoms with Gasteiger partial charge < -0.3 is 9.64 Å². The molecule has 0 bridgehead atoms. The number of ether oxygens (including phenoxy) is 1. The Kier molecular flexibility index (Phi) is 3.96. The second kappa shape index (κ2) is 5.46. The number of carbonyl (C=O) groups excluding carboxylic acids is 1. The zero-order chi connectivity index (χ0) is 11.4. The number of hydrogen-bond acceptors (Lipinski definition) is 3. The van der Waals surface area contributed by atoms with Gasteiger partial charge in [0.25, 0.3) is 0 Å². The molecular weight excluding hydrogens is 204 g/mol. The molecule has 2 heterocycles. The molecule has 0 aromatic rings. The van der Waals surface area contributed by atoms with E-state index in [1.54, 1.807) is 0 Å². The minimum atomic E-state index is 0.0794. The summed E-state index contributed by atoms with van der Waals surface area (Å²) >= 11 is 0. The maximum atomic E-state index is 11.6. The van der Waals surface area contributed by atoms with Gasteiger partial charge in [-0.1, -0.05) is 6.58 Å². The van der Waals surface area contributed by atoms with Crippen LogP contribution in [-0.4, -0.2) is 61.1 Å². The first-order valence-corrected chi connectivity index (χ1v) is 6.04. The van der Waals surface area contributed by atoms with Crippen LogP contribution in [0.3, 0.4) is 0 Å². The summed E-state index contributed by atoms with van der Waals surface area (Å²) in [7, 11) is 0. The van der Waals surface area contributed by atoms with Gasteiger partial charge in [-0.25, -0.2) is 0 Å². The minimum absolute atomic E-state index is 0.0794. The Balaban J connectivity index is 1.87. The van der Waals surface area contributed by atoms with Crippen molar-refractivity contribution < 1.29 is 9.53 Å². The van der Waals surface area contributed by atoms with Gasteiger partial charge in [-0.15, -0.1) is 0 Å². The van der Waals surface area contributed by atoms with Crippen molar-refractivity contribution in [1.82, 2.24) is 9.80 Å². The van der Waals surface area contributed by atoms with E-state index in [9.17, 15) is 4.79 Å². The number of rotatable bonds is 3. The Morgan fingerprint density at radius 2 is 2.12 bits per heavy atom. The molecule has 0 aromatic carbocycles. The maximum absolute atomic E-state index is 11.6. The Morgan fingerprint density at radius 1 is 1.38 bits per heavy atom. The van der Waals surface area contributed by atoms with E-state index in [-0.39, 0.29) is 5.91 Å². The molecule has 4 heteroatoms. The number of carbonyl (C=O) groups is 1. The fraction of sp³-hybridized carbons (Fsp3) is 0.750. The molecule has 1 amide bonds. The summed E-state index contributed by atoms with van der Waals surface area (Å²) in [5.74, 6) is 0.0794. The van der Waals surface area contributed by atoms with E-state index >= 15 is 0 Å². The molecule has 4 nitrogen and oxygen atoms in total. The predicted molar refractivity (Wildman–Crippen MR) is 62.2 cm³/mol. The third kappa shape index (κ3) is 2.62. The van der Waals surface area contributed by atoms with Crippen LogP contribution in [0.15, 0.2) is 12.7 Å². The summed E-state index contributed by atoms with van der Waals surface area (Å²) in [6.07, 6.45) is 3.67. The standard InChI is InChI=1S/C12H20N2O2/c1-2-12(15)14-5-3-4-11(14)10-13-6-8-16-9-7-13/h2,11H,1,3-10H2/t11-/m1/s1. The van der Waals surface area contributed by atoms with Crippen molar-refractivity contribution in [3.63, 3.8) is 0 Å². The largest absolute Gasteiger partial charge is 0.379 e. The van der Waals surface area contributed by atoms with Crippen LogP contribution in [0.25, 0.3) is 0 Å². The van der Waals surface area contributed by atoms with E-state index in [1.165, 1.54) is 6.08 Å². The number of nitrogens with zero attached hydrogens (tertiary/aromatic N) is 2. The molecule has 0 spiro atoms. The zero-order valence-corrected chi connectivity index (χ0v) is 9.73. The smallest absolute Gasteiger partial charge is 0.246 e. The van der Waals surface area contributed by atoms with Crippen LogP contribution in [0.1, 0.15) is 12.8 Å². The fourth-order valence-electron chi connectivity index (χ4n) is 2.51. The first-order chi connectivity index (χ1) is 7.81. The summed E-state index contributed by atoms with van der Waals surface area (Å²) in [5.41, 5.74) is 0. The normalized spacial score (nSPS) is 27.0. The zero-order valence-electron chi connectivity index (χ0n) is 9.73. The topological polar surface area (TPSA) is 32.8 Å². The van der Waals surface area contributed by atoms with Gasteiger partial charge >= 0.3 is 0 Å². The van der Waals surface area contributed by atoms with E-state index in [0.717, 1.165) is 52.2 Å². The highest BCUT2D eigenvalue weighted by molar-refractivity contribution is 5.87. The predicted octanol–water partition coefficient (Wildman–Crippen LogP) is 0.496. The molecule has 2 aliphatic rings. The van der Waals surface area contributed by atoms with Gasteiger partial charge in [0, 0.05) is 32.2 Å². The summed E-state index contributed by atoms with van der Waals surface area (Å²) in [4.78, 5) is 16.0. The quantitative estimate of drug-likeness (QED) is 0.654. The van der Waals surface area contributed by atoms with Crippen molar-refractivity contribution in [2.75, 3.05) is 39.4 Å². The molecule has 1 atom stereocenters. The molecule has 2 aliphatic heterocycles. The molecule has 0 N–H and O–H groups in total. The van der Waals surface area contributed by atoms with E-state index in [2.05, 4.69) is 11.5 Å². The summed E-state index contributed by atoms with van der Waals surface area (Å²) < 4.78 is 5.32. The summed E-state index contributed by atoms with van der Waals surface area (Å²) in [6.45, 7) is 9.07. The third-order valence-electron chi connectivity index (χ3n) is 3.41. The third-order valence-corrected chi connectivity index (χ3v) is 3.41. The van der Waals surface area contributed by atoms with E-state index < -0.39 is 0 Å². The Labute approximate surface area is 96.8 Å². The molecule has 2 rings (SSSR count). The van der Waals surface area contributed by atoms with Gasteiger partial charge in [0.1, 0.15) is 0 Å². The summed E-state index contributed by atoms with van der Waals surface area (Å²) in [5, 5.41) is 0. The second-order valence-corrected chi connectivity index (χ2v) is 4.44. The highest BCUT2D eigenvalue weighted by Crippen LogP contribution is 2.19. The van der Waals surface area contributed by atoms with Crippen molar-refractivity contribution in [3.05, 3.63) is 12.7 Å². The molecule has 2 saturated heterocycles. The highest BCUT2D eigenvalue weighted by atomic mass is 16.5. The molecule has 0 unspecified atom stereocenters. The average Bonchev–Trinajstić information content (AvgIpc) is 2.77.